The number of nitrogens with two attached hydrogens (primary N) is 1. The topological polar surface area (TPSA) is 64.4 Å². The summed E-state index contributed by atoms with van der Waals surface area (Å²) in [6, 6.07) is -0.456. The molecule has 1 aliphatic heterocycles. The zero-order valence-electron chi connectivity index (χ0n) is 10.1. The van der Waals surface area contributed by atoms with Gasteiger partial charge in [-0.25, -0.2) is 0 Å². The number of amides is 1. The van der Waals surface area contributed by atoms with Crippen LogP contribution >= 0.6 is 0 Å². The van der Waals surface area contributed by atoms with E-state index in [-0.39, 0.29) is 16.7 Å². The minimum absolute atomic E-state index is 0.0735. The first kappa shape index (κ1) is 12.5. The van der Waals surface area contributed by atoms with Crippen molar-refractivity contribution in [2.75, 3.05) is 19.8 Å². The van der Waals surface area contributed by atoms with Crippen molar-refractivity contribution < 1.29 is 9.53 Å². The van der Waals surface area contributed by atoms with Crippen LogP contribution in [0.15, 0.2) is 0 Å². The van der Waals surface area contributed by atoms with Gasteiger partial charge in [0, 0.05) is 12.0 Å². The van der Waals surface area contributed by atoms with Gasteiger partial charge in [0.25, 0.3) is 0 Å². The van der Waals surface area contributed by atoms with Crippen LogP contribution in [0.1, 0.15) is 27.7 Å². The van der Waals surface area contributed by atoms with E-state index in [1.165, 1.54) is 0 Å². The van der Waals surface area contributed by atoms with Crippen LogP contribution in [0.4, 0.5) is 0 Å². The summed E-state index contributed by atoms with van der Waals surface area (Å²) < 4.78 is 5.12. The number of hydrogen-bond acceptors (Lipinski definition) is 3. The maximum absolute atomic E-state index is 11.7. The number of rotatable bonds is 3. The average Bonchev–Trinajstić information content (AvgIpc) is 2.08. The van der Waals surface area contributed by atoms with Gasteiger partial charge >= 0.3 is 0 Å². The zero-order chi connectivity index (χ0) is 11.7. The second-order valence-corrected chi connectivity index (χ2v) is 5.86. The molecule has 0 aromatic rings. The van der Waals surface area contributed by atoms with E-state index in [0.717, 1.165) is 13.2 Å². The Bertz CT molecular complexity index is 241. The Morgan fingerprint density at radius 3 is 2.40 bits per heavy atom. The molecule has 0 aromatic heterocycles. The van der Waals surface area contributed by atoms with Crippen molar-refractivity contribution in [2.24, 2.45) is 16.6 Å². The molecular weight excluding hydrogens is 192 g/mol. The SMILES string of the molecule is CC1(CNC(=O)C(N)C(C)(C)C)COC1. The molecule has 4 heteroatoms. The van der Waals surface area contributed by atoms with Gasteiger partial charge in [-0.1, -0.05) is 27.7 Å². The number of nitrogens with one attached hydrogen (secondary N) is 1. The Balaban J connectivity index is 2.36. The lowest BCUT2D eigenvalue weighted by Crippen LogP contribution is -2.54. The Hall–Kier alpha value is -0.610. The highest BCUT2D eigenvalue weighted by Gasteiger charge is 2.35. The molecule has 3 N–H and O–H groups in total. The maximum atomic E-state index is 11.7. The van der Waals surface area contributed by atoms with Crippen LogP contribution < -0.4 is 11.1 Å². The fourth-order valence-electron chi connectivity index (χ4n) is 1.36. The van der Waals surface area contributed by atoms with Gasteiger partial charge in [0.1, 0.15) is 0 Å². The molecule has 1 amide bonds. The first-order valence-electron chi connectivity index (χ1n) is 5.36. The minimum atomic E-state index is -0.456. The molecule has 1 unspecified atom stereocenters. The van der Waals surface area contributed by atoms with E-state index in [1.807, 2.05) is 20.8 Å². The van der Waals surface area contributed by atoms with Crippen molar-refractivity contribution in [3.05, 3.63) is 0 Å². The van der Waals surface area contributed by atoms with Crippen LogP contribution in [0.5, 0.6) is 0 Å². The van der Waals surface area contributed by atoms with E-state index in [9.17, 15) is 4.79 Å². The predicted octanol–water partition coefficient (Wildman–Crippen LogP) is 0.513. The summed E-state index contributed by atoms with van der Waals surface area (Å²) in [4.78, 5) is 11.7. The van der Waals surface area contributed by atoms with Crippen molar-refractivity contribution in [3.8, 4) is 0 Å². The molecule has 15 heavy (non-hydrogen) atoms. The van der Waals surface area contributed by atoms with Crippen molar-refractivity contribution in [3.63, 3.8) is 0 Å². The van der Waals surface area contributed by atoms with E-state index in [4.69, 9.17) is 10.5 Å². The van der Waals surface area contributed by atoms with Gasteiger partial charge in [-0.3, -0.25) is 4.79 Å². The van der Waals surface area contributed by atoms with E-state index < -0.39 is 6.04 Å². The molecule has 1 aliphatic rings. The second kappa shape index (κ2) is 4.10. The highest BCUT2D eigenvalue weighted by Crippen LogP contribution is 2.25. The molecule has 0 radical (unpaired) electrons. The molecule has 1 atom stereocenters. The van der Waals surface area contributed by atoms with Crippen LogP contribution in [0.3, 0.4) is 0 Å². The van der Waals surface area contributed by atoms with E-state index in [1.54, 1.807) is 0 Å². The van der Waals surface area contributed by atoms with E-state index in [0.29, 0.717) is 6.54 Å². The number of carbonyl (C=O) groups excluding carboxylic acids is 1. The fourth-order valence-corrected chi connectivity index (χ4v) is 1.36. The third-order valence-corrected chi connectivity index (χ3v) is 2.81. The second-order valence-electron chi connectivity index (χ2n) is 5.86. The van der Waals surface area contributed by atoms with Gasteiger partial charge in [-0.15, -0.1) is 0 Å². The normalized spacial score (nSPS) is 21.7. The molecule has 0 spiro atoms. The molecular formula is C11H22N2O2. The molecule has 4 nitrogen and oxygen atoms in total. The Morgan fingerprint density at radius 1 is 1.53 bits per heavy atom. The highest BCUT2D eigenvalue weighted by molar-refractivity contribution is 5.82. The standard InChI is InChI=1S/C11H22N2O2/c1-10(2,3)8(12)9(14)13-5-11(4)6-15-7-11/h8H,5-7,12H2,1-4H3,(H,13,14). The highest BCUT2D eigenvalue weighted by atomic mass is 16.5. The van der Waals surface area contributed by atoms with Gasteiger partial charge in [-0.05, 0) is 5.41 Å². The smallest absolute Gasteiger partial charge is 0.237 e. The first-order chi connectivity index (χ1) is 6.75. The van der Waals surface area contributed by atoms with Crippen LogP contribution in [-0.4, -0.2) is 31.7 Å². The van der Waals surface area contributed by atoms with Crippen LogP contribution in [-0.2, 0) is 9.53 Å². The predicted molar refractivity (Wildman–Crippen MR) is 59.4 cm³/mol. The third-order valence-electron chi connectivity index (χ3n) is 2.81. The Morgan fingerprint density at radius 2 is 2.07 bits per heavy atom. The lowest BCUT2D eigenvalue weighted by molar-refractivity contribution is -0.129. The van der Waals surface area contributed by atoms with Gasteiger partial charge in [0.2, 0.25) is 5.91 Å². The summed E-state index contributed by atoms with van der Waals surface area (Å²) in [5.41, 5.74) is 5.75. The van der Waals surface area contributed by atoms with Gasteiger partial charge in [0.15, 0.2) is 0 Å². The molecule has 0 saturated carbocycles. The average molecular weight is 214 g/mol. The third kappa shape index (κ3) is 3.18. The van der Waals surface area contributed by atoms with Crippen molar-refractivity contribution in [1.82, 2.24) is 5.32 Å². The molecule has 88 valence electrons. The van der Waals surface area contributed by atoms with E-state index in [2.05, 4.69) is 12.2 Å². The largest absolute Gasteiger partial charge is 0.380 e. The monoisotopic (exact) mass is 214 g/mol. The molecule has 1 saturated heterocycles. The zero-order valence-corrected chi connectivity index (χ0v) is 10.1. The van der Waals surface area contributed by atoms with Crippen LogP contribution in [0, 0.1) is 10.8 Å². The summed E-state index contributed by atoms with van der Waals surface area (Å²) in [6.45, 7) is 10.1. The lowest BCUT2D eigenvalue weighted by atomic mass is 9.85. The van der Waals surface area contributed by atoms with Crippen molar-refractivity contribution in [2.45, 2.75) is 33.7 Å². The summed E-state index contributed by atoms with van der Waals surface area (Å²) in [5, 5.41) is 2.89. The number of ether oxygens (including phenoxy) is 1. The summed E-state index contributed by atoms with van der Waals surface area (Å²) in [7, 11) is 0. The Labute approximate surface area is 91.5 Å². The number of carbonyl (C=O) groups is 1. The van der Waals surface area contributed by atoms with Crippen molar-refractivity contribution in [1.29, 1.82) is 0 Å². The lowest BCUT2D eigenvalue weighted by Gasteiger charge is -2.38. The molecule has 1 heterocycles. The van der Waals surface area contributed by atoms with Crippen LogP contribution in [0.25, 0.3) is 0 Å². The molecule has 0 aliphatic carbocycles. The van der Waals surface area contributed by atoms with Gasteiger partial charge in [0.05, 0.1) is 19.3 Å². The summed E-state index contributed by atoms with van der Waals surface area (Å²) in [6.07, 6.45) is 0. The maximum Gasteiger partial charge on any atom is 0.237 e. The molecule has 1 rings (SSSR count). The van der Waals surface area contributed by atoms with E-state index >= 15 is 0 Å². The fraction of sp³-hybridized carbons (Fsp3) is 0.909. The minimum Gasteiger partial charge on any atom is -0.380 e. The quantitative estimate of drug-likeness (QED) is 0.719. The Kier molecular flexibility index (Phi) is 3.41. The van der Waals surface area contributed by atoms with Crippen LogP contribution in [0.2, 0.25) is 0 Å². The summed E-state index contributed by atoms with van der Waals surface area (Å²) >= 11 is 0. The molecule has 0 aromatic carbocycles. The summed E-state index contributed by atoms with van der Waals surface area (Å²) in [5.74, 6) is -0.0735. The first-order valence-corrected chi connectivity index (χ1v) is 5.36. The van der Waals surface area contributed by atoms with Gasteiger partial charge < -0.3 is 15.8 Å². The van der Waals surface area contributed by atoms with Crippen molar-refractivity contribution >= 4 is 5.91 Å². The molecule has 0 bridgehead atoms. The van der Waals surface area contributed by atoms with Gasteiger partial charge in [-0.2, -0.15) is 0 Å². The number of hydrogen-bond donors (Lipinski definition) is 2. The molecule has 1 fully saturated rings.